The molecule has 0 spiro atoms. The fourth-order valence-electron chi connectivity index (χ4n) is 2.92. The molecule has 0 aliphatic carbocycles. The van der Waals surface area contributed by atoms with Crippen LogP contribution in [0.15, 0.2) is 24.4 Å². The van der Waals surface area contributed by atoms with Crippen molar-refractivity contribution in [3.8, 4) is 0 Å². The molecule has 1 fully saturated rings. The number of hydrogen-bond acceptors (Lipinski definition) is 4. The number of thiophene rings is 1. The Morgan fingerprint density at radius 1 is 1.45 bits per heavy atom. The molecule has 22 heavy (non-hydrogen) atoms. The van der Waals surface area contributed by atoms with E-state index in [9.17, 15) is 4.79 Å². The Morgan fingerprint density at radius 3 is 3.05 bits per heavy atom. The van der Waals surface area contributed by atoms with Gasteiger partial charge in [0.25, 0.3) is 0 Å². The number of aliphatic carboxylic acids is 1. The summed E-state index contributed by atoms with van der Waals surface area (Å²) in [5, 5.41) is 13.2. The molecule has 118 valence electrons. The second-order valence-corrected chi connectivity index (χ2v) is 7.41. The minimum absolute atomic E-state index is 0.0792. The van der Waals surface area contributed by atoms with E-state index in [1.54, 1.807) is 17.5 Å². The molecule has 1 N–H and O–H groups in total. The van der Waals surface area contributed by atoms with E-state index < -0.39 is 5.97 Å². The van der Waals surface area contributed by atoms with Gasteiger partial charge in [0.2, 0.25) is 0 Å². The summed E-state index contributed by atoms with van der Waals surface area (Å²) in [6, 6.07) is 5.97. The Hall–Kier alpha value is -1.37. The number of aromatic nitrogens is 2. The zero-order chi connectivity index (χ0) is 15.5. The molecule has 1 unspecified atom stereocenters. The first-order chi connectivity index (χ1) is 10.6. The SMILES string of the molecule is O=C(O)Cn1ccc(C2CCCN(Cc3ccc(Cl)s3)C2)n1. The minimum atomic E-state index is -0.866. The quantitative estimate of drug-likeness (QED) is 0.909. The van der Waals surface area contributed by atoms with E-state index in [-0.39, 0.29) is 6.54 Å². The highest BCUT2D eigenvalue weighted by Crippen LogP contribution is 2.28. The van der Waals surface area contributed by atoms with Gasteiger partial charge in [-0.05, 0) is 37.6 Å². The zero-order valence-electron chi connectivity index (χ0n) is 12.1. The van der Waals surface area contributed by atoms with E-state index in [4.69, 9.17) is 16.7 Å². The van der Waals surface area contributed by atoms with Crippen LogP contribution in [0.1, 0.15) is 29.3 Å². The molecule has 5 nitrogen and oxygen atoms in total. The van der Waals surface area contributed by atoms with Crippen molar-refractivity contribution in [1.29, 1.82) is 0 Å². The average Bonchev–Trinajstić information content (AvgIpc) is 3.08. The van der Waals surface area contributed by atoms with Crippen LogP contribution >= 0.6 is 22.9 Å². The first kappa shape index (κ1) is 15.5. The standard InChI is InChI=1S/C15H18ClN3O2S/c16-14-4-3-12(22-14)9-18-6-1-2-11(8-18)13-5-7-19(17-13)10-15(20)21/h3-5,7,11H,1-2,6,8-10H2,(H,20,21). The largest absolute Gasteiger partial charge is 0.480 e. The third-order valence-corrected chi connectivity index (χ3v) is 5.11. The van der Waals surface area contributed by atoms with Gasteiger partial charge in [0.15, 0.2) is 0 Å². The predicted molar refractivity (Wildman–Crippen MR) is 86.4 cm³/mol. The molecular formula is C15H18ClN3O2S. The van der Waals surface area contributed by atoms with E-state index in [0.29, 0.717) is 5.92 Å². The molecule has 2 aromatic rings. The fourth-order valence-corrected chi connectivity index (χ4v) is 4.05. The molecule has 1 atom stereocenters. The molecule has 0 saturated carbocycles. The van der Waals surface area contributed by atoms with Crippen LogP contribution in [0.25, 0.3) is 0 Å². The maximum atomic E-state index is 10.7. The molecule has 0 bridgehead atoms. The summed E-state index contributed by atoms with van der Waals surface area (Å²) in [5.41, 5.74) is 0.996. The summed E-state index contributed by atoms with van der Waals surface area (Å²) < 4.78 is 2.33. The molecule has 1 aliphatic heterocycles. The van der Waals surface area contributed by atoms with E-state index in [1.807, 2.05) is 12.1 Å². The van der Waals surface area contributed by atoms with Crippen LogP contribution in [0.5, 0.6) is 0 Å². The lowest BCUT2D eigenvalue weighted by molar-refractivity contribution is -0.137. The molecule has 0 amide bonds. The molecule has 7 heteroatoms. The number of carbonyl (C=O) groups is 1. The Morgan fingerprint density at radius 2 is 2.32 bits per heavy atom. The maximum Gasteiger partial charge on any atom is 0.325 e. The highest BCUT2D eigenvalue weighted by Gasteiger charge is 2.23. The van der Waals surface area contributed by atoms with Crippen LogP contribution in [-0.4, -0.2) is 38.8 Å². The third-order valence-electron chi connectivity index (χ3n) is 3.89. The van der Waals surface area contributed by atoms with Crippen molar-refractivity contribution < 1.29 is 9.90 Å². The summed E-state index contributed by atoms with van der Waals surface area (Å²) in [7, 11) is 0. The first-order valence-electron chi connectivity index (χ1n) is 7.32. The van der Waals surface area contributed by atoms with Crippen molar-refractivity contribution in [2.24, 2.45) is 0 Å². The van der Waals surface area contributed by atoms with Gasteiger partial charge in [-0.1, -0.05) is 11.6 Å². The normalized spacial score (nSPS) is 19.4. The summed E-state index contributed by atoms with van der Waals surface area (Å²) in [5.74, 6) is -0.492. The second kappa shape index (κ2) is 6.81. The molecule has 3 rings (SSSR count). The number of carboxylic acid groups (broad SMARTS) is 1. The Bertz CT molecular complexity index is 655. The number of piperidine rings is 1. The second-order valence-electron chi connectivity index (χ2n) is 5.61. The Balaban J connectivity index is 1.62. The monoisotopic (exact) mass is 339 g/mol. The highest BCUT2D eigenvalue weighted by atomic mass is 35.5. The Kier molecular flexibility index (Phi) is 4.81. The third kappa shape index (κ3) is 3.88. The van der Waals surface area contributed by atoms with E-state index in [1.165, 1.54) is 9.56 Å². The number of likely N-dealkylation sites (tertiary alicyclic amines) is 1. The van der Waals surface area contributed by atoms with E-state index >= 15 is 0 Å². The first-order valence-corrected chi connectivity index (χ1v) is 8.51. The maximum absolute atomic E-state index is 10.7. The fraction of sp³-hybridized carbons (Fsp3) is 0.467. The van der Waals surface area contributed by atoms with Crippen LogP contribution in [0.2, 0.25) is 4.34 Å². The van der Waals surface area contributed by atoms with Crippen molar-refractivity contribution in [1.82, 2.24) is 14.7 Å². The topological polar surface area (TPSA) is 58.4 Å². The van der Waals surface area contributed by atoms with Gasteiger partial charge in [0.05, 0.1) is 10.0 Å². The lowest BCUT2D eigenvalue weighted by Crippen LogP contribution is -2.33. The zero-order valence-corrected chi connectivity index (χ0v) is 13.7. The summed E-state index contributed by atoms with van der Waals surface area (Å²) in [6.45, 7) is 2.88. The highest BCUT2D eigenvalue weighted by molar-refractivity contribution is 7.16. The van der Waals surface area contributed by atoms with Gasteiger partial charge >= 0.3 is 5.97 Å². The number of hydrogen-bond donors (Lipinski definition) is 1. The van der Waals surface area contributed by atoms with Crippen molar-refractivity contribution in [3.05, 3.63) is 39.3 Å². The number of nitrogens with zero attached hydrogens (tertiary/aromatic N) is 3. The molecular weight excluding hydrogens is 322 g/mol. The number of rotatable bonds is 5. The minimum Gasteiger partial charge on any atom is -0.480 e. The van der Waals surface area contributed by atoms with Gasteiger partial charge in [-0.15, -0.1) is 11.3 Å². The predicted octanol–water partition coefficient (Wildman–Crippen LogP) is 3.06. The van der Waals surface area contributed by atoms with Crippen LogP contribution in [0.4, 0.5) is 0 Å². The van der Waals surface area contributed by atoms with Gasteiger partial charge in [-0.25, -0.2) is 0 Å². The van der Waals surface area contributed by atoms with Gasteiger partial charge in [0, 0.05) is 30.1 Å². The number of carboxylic acids is 1. The van der Waals surface area contributed by atoms with Gasteiger partial charge in [-0.2, -0.15) is 5.10 Å². The van der Waals surface area contributed by atoms with Crippen LogP contribution < -0.4 is 0 Å². The molecule has 1 saturated heterocycles. The van der Waals surface area contributed by atoms with Crippen molar-refractivity contribution >= 4 is 28.9 Å². The van der Waals surface area contributed by atoms with Crippen molar-refractivity contribution in [2.75, 3.05) is 13.1 Å². The molecule has 1 aliphatic rings. The van der Waals surface area contributed by atoms with Crippen LogP contribution in [0, 0.1) is 0 Å². The van der Waals surface area contributed by atoms with Gasteiger partial charge in [0.1, 0.15) is 6.54 Å². The molecule has 2 aromatic heterocycles. The van der Waals surface area contributed by atoms with Gasteiger partial charge < -0.3 is 5.11 Å². The van der Waals surface area contributed by atoms with Crippen molar-refractivity contribution in [2.45, 2.75) is 31.8 Å². The summed E-state index contributed by atoms with van der Waals surface area (Å²) in [4.78, 5) is 14.4. The Labute approximate surface area is 138 Å². The lowest BCUT2D eigenvalue weighted by atomic mass is 9.95. The van der Waals surface area contributed by atoms with Crippen LogP contribution in [0.3, 0.4) is 0 Å². The van der Waals surface area contributed by atoms with Crippen molar-refractivity contribution in [3.63, 3.8) is 0 Å². The summed E-state index contributed by atoms with van der Waals surface area (Å²) >= 11 is 7.61. The smallest absolute Gasteiger partial charge is 0.325 e. The van der Waals surface area contributed by atoms with E-state index in [0.717, 1.165) is 42.5 Å². The lowest BCUT2D eigenvalue weighted by Gasteiger charge is -2.31. The molecule has 3 heterocycles. The van der Waals surface area contributed by atoms with Crippen LogP contribution in [-0.2, 0) is 17.9 Å². The van der Waals surface area contributed by atoms with Gasteiger partial charge in [-0.3, -0.25) is 14.4 Å². The number of halogens is 1. The molecule has 0 radical (unpaired) electrons. The van der Waals surface area contributed by atoms with E-state index in [2.05, 4.69) is 16.1 Å². The molecule has 0 aromatic carbocycles. The summed E-state index contributed by atoms with van der Waals surface area (Å²) in [6.07, 6.45) is 3.99. The average molecular weight is 340 g/mol.